The predicted molar refractivity (Wildman–Crippen MR) is 79.7 cm³/mol. The first-order valence-corrected chi connectivity index (χ1v) is 7.73. The summed E-state index contributed by atoms with van der Waals surface area (Å²) in [5, 5.41) is 6.34. The summed E-state index contributed by atoms with van der Waals surface area (Å²) >= 11 is 1.60. The van der Waals surface area contributed by atoms with Crippen LogP contribution in [-0.2, 0) is 4.74 Å². The van der Waals surface area contributed by atoms with E-state index in [1.54, 1.807) is 11.3 Å². The molecule has 2 nitrogen and oxygen atoms in total. The van der Waals surface area contributed by atoms with E-state index >= 15 is 0 Å². The van der Waals surface area contributed by atoms with Crippen LogP contribution in [0, 0.1) is 0 Å². The number of halogens is 3. The van der Waals surface area contributed by atoms with Crippen molar-refractivity contribution < 1.29 is 17.9 Å². The number of ether oxygens (including phenoxy) is 1. The number of hydrogen-bond acceptors (Lipinski definition) is 3. The Balaban J connectivity index is 2.11. The van der Waals surface area contributed by atoms with Crippen LogP contribution < -0.4 is 5.32 Å². The Morgan fingerprint density at radius 1 is 1.29 bits per heavy atom. The van der Waals surface area contributed by atoms with Crippen LogP contribution in [0.3, 0.4) is 0 Å². The lowest BCUT2D eigenvalue weighted by Gasteiger charge is -2.19. The predicted octanol–water partition coefficient (Wildman–Crippen LogP) is 4.52. The van der Waals surface area contributed by atoms with Gasteiger partial charge in [0, 0.05) is 4.70 Å². The summed E-state index contributed by atoms with van der Waals surface area (Å²) in [6.45, 7) is 1.57. The summed E-state index contributed by atoms with van der Waals surface area (Å²) in [4.78, 5) is 0. The van der Waals surface area contributed by atoms with Gasteiger partial charge in [-0.1, -0.05) is 25.1 Å². The number of alkyl halides is 3. The third-order valence-corrected chi connectivity index (χ3v) is 4.06. The molecule has 0 amide bonds. The highest BCUT2D eigenvalue weighted by Crippen LogP contribution is 2.30. The summed E-state index contributed by atoms with van der Waals surface area (Å²) in [6, 6.07) is 7.68. The smallest absolute Gasteiger partial charge is 0.370 e. The molecule has 1 atom stereocenters. The monoisotopic (exact) mass is 317 g/mol. The van der Waals surface area contributed by atoms with E-state index < -0.39 is 12.8 Å². The van der Waals surface area contributed by atoms with Crippen molar-refractivity contribution in [3.63, 3.8) is 0 Å². The van der Waals surface area contributed by atoms with Gasteiger partial charge in [-0.15, -0.1) is 11.3 Å². The summed E-state index contributed by atoms with van der Waals surface area (Å²) in [7, 11) is 0. The molecule has 1 heterocycles. The van der Waals surface area contributed by atoms with Gasteiger partial charge < -0.3 is 10.1 Å². The van der Waals surface area contributed by atoms with Crippen molar-refractivity contribution in [1.82, 2.24) is 5.32 Å². The van der Waals surface area contributed by atoms with E-state index in [1.807, 2.05) is 36.6 Å². The van der Waals surface area contributed by atoms with Gasteiger partial charge in [0.15, 0.2) is 0 Å². The Hall–Kier alpha value is -1.11. The zero-order chi connectivity index (χ0) is 15.3. The maximum atomic E-state index is 12.2. The number of nitrogens with one attached hydrogen (secondary N) is 1. The average Bonchev–Trinajstić information content (AvgIpc) is 2.85. The minimum atomic E-state index is -4.29. The van der Waals surface area contributed by atoms with E-state index in [1.165, 1.54) is 0 Å². The summed E-state index contributed by atoms with van der Waals surface area (Å²) < 4.78 is 42.6. The molecular weight excluding hydrogens is 299 g/mol. The van der Waals surface area contributed by atoms with Crippen molar-refractivity contribution in [2.24, 2.45) is 0 Å². The van der Waals surface area contributed by atoms with Crippen molar-refractivity contribution in [1.29, 1.82) is 0 Å². The van der Waals surface area contributed by atoms with Crippen LogP contribution in [0.15, 0.2) is 29.6 Å². The maximum Gasteiger partial charge on any atom is 0.411 e. The maximum absolute atomic E-state index is 12.2. The molecule has 0 fully saturated rings. The average molecular weight is 317 g/mol. The molecule has 0 aliphatic carbocycles. The Morgan fingerprint density at radius 2 is 2.05 bits per heavy atom. The fourth-order valence-corrected chi connectivity index (χ4v) is 3.15. The number of thiophene rings is 1. The topological polar surface area (TPSA) is 21.3 Å². The third-order valence-electron chi connectivity index (χ3n) is 3.08. The summed E-state index contributed by atoms with van der Waals surface area (Å²) in [5.74, 6) is 0. The Morgan fingerprint density at radius 3 is 2.76 bits per heavy atom. The molecule has 1 unspecified atom stereocenters. The zero-order valence-corrected chi connectivity index (χ0v) is 12.6. The van der Waals surface area contributed by atoms with Gasteiger partial charge >= 0.3 is 6.18 Å². The summed E-state index contributed by atoms with van der Waals surface area (Å²) in [5.41, 5.74) is 1.01. The highest BCUT2D eigenvalue weighted by molar-refractivity contribution is 7.17. The first-order chi connectivity index (χ1) is 10.0. The molecule has 116 valence electrons. The lowest BCUT2D eigenvalue weighted by atomic mass is 10.1. The highest BCUT2D eigenvalue weighted by Gasteiger charge is 2.28. The van der Waals surface area contributed by atoms with Crippen molar-refractivity contribution in [3.8, 4) is 0 Å². The van der Waals surface area contributed by atoms with Crippen LogP contribution in [0.1, 0.15) is 24.9 Å². The van der Waals surface area contributed by atoms with Crippen LogP contribution in [0.2, 0.25) is 0 Å². The second kappa shape index (κ2) is 7.24. The minimum absolute atomic E-state index is 0.0141. The molecule has 0 radical (unpaired) electrons. The number of rotatable bonds is 7. The largest absolute Gasteiger partial charge is 0.411 e. The molecular formula is C15H18F3NOS. The molecule has 2 rings (SSSR count). The highest BCUT2D eigenvalue weighted by atomic mass is 32.1. The standard InChI is InChI=1S/C15H18F3NOS/c1-2-7-19-13(8-20-10-15(16,17)18)12-9-21-14-6-4-3-5-11(12)14/h3-6,9,13,19H,2,7-8,10H2,1H3. The zero-order valence-electron chi connectivity index (χ0n) is 11.7. The van der Waals surface area contributed by atoms with Gasteiger partial charge in [0.05, 0.1) is 12.6 Å². The molecule has 1 aromatic heterocycles. The van der Waals surface area contributed by atoms with Gasteiger partial charge in [-0.2, -0.15) is 13.2 Å². The first-order valence-electron chi connectivity index (χ1n) is 6.85. The van der Waals surface area contributed by atoms with E-state index in [2.05, 4.69) is 5.32 Å². The van der Waals surface area contributed by atoms with E-state index in [4.69, 9.17) is 4.74 Å². The molecule has 21 heavy (non-hydrogen) atoms. The minimum Gasteiger partial charge on any atom is -0.370 e. The molecule has 2 aromatic rings. The van der Waals surface area contributed by atoms with Crippen LogP contribution >= 0.6 is 11.3 Å². The number of benzene rings is 1. The van der Waals surface area contributed by atoms with Crippen LogP contribution in [0.5, 0.6) is 0 Å². The molecule has 0 saturated carbocycles. The van der Waals surface area contributed by atoms with Gasteiger partial charge in [0.25, 0.3) is 0 Å². The Bertz CT molecular complexity index is 567. The van der Waals surface area contributed by atoms with Gasteiger partial charge in [0.1, 0.15) is 6.61 Å². The van der Waals surface area contributed by atoms with E-state index in [0.717, 1.165) is 28.6 Å². The van der Waals surface area contributed by atoms with Crippen molar-refractivity contribution in [3.05, 3.63) is 35.2 Å². The molecule has 6 heteroatoms. The Labute approximate surface area is 125 Å². The second-order valence-corrected chi connectivity index (χ2v) is 5.74. The van der Waals surface area contributed by atoms with Crippen LogP contribution in [0.25, 0.3) is 10.1 Å². The lowest BCUT2D eigenvalue weighted by Crippen LogP contribution is -2.28. The lowest BCUT2D eigenvalue weighted by molar-refractivity contribution is -0.175. The molecule has 1 aromatic carbocycles. The van der Waals surface area contributed by atoms with E-state index in [9.17, 15) is 13.2 Å². The van der Waals surface area contributed by atoms with Gasteiger partial charge in [-0.05, 0) is 35.4 Å². The fourth-order valence-electron chi connectivity index (χ4n) is 2.14. The van der Waals surface area contributed by atoms with Gasteiger partial charge in [-0.25, -0.2) is 0 Å². The first kappa shape index (κ1) is 16.3. The second-order valence-electron chi connectivity index (χ2n) is 4.82. The molecule has 0 saturated heterocycles. The van der Waals surface area contributed by atoms with Crippen molar-refractivity contribution in [2.75, 3.05) is 19.8 Å². The SMILES string of the molecule is CCCNC(COCC(F)(F)F)c1csc2ccccc12. The quantitative estimate of drug-likeness (QED) is 0.810. The van der Waals surface area contributed by atoms with Crippen LogP contribution in [0.4, 0.5) is 13.2 Å². The van der Waals surface area contributed by atoms with Gasteiger partial charge in [-0.3, -0.25) is 0 Å². The molecule has 0 aliphatic rings. The van der Waals surface area contributed by atoms with Crippen molar-refractivity contribution in [2.45, 2.75) is 25.6 Å². The fraction of sp³-hybridized carbons (Fsp3) is 0.467. The van der Waals surface area contributed by atoms with Crippen molar-refractivity contribution >= 4 is 21.4 Å². The van der Waals surface area contributed by atoms with Crippen LogP contribution in [-0.4, -0.2) is 25.9 Å². The van der Waals surface area contributed by atoms with Gasteiger partial charge in [0.2, 0.25) is 0 Å². The van der Waals surface area contributed by atoms with E-state index in [0.29, 0.717) is 0 Å². The van der Waals surface area contributed by atoms with E-state index in [-0.39, 0.29) is 12.6 Å². The third kappa shape index (κ3) is 4.69. The molecule has 1 N–H and O–H groups in total. The molecule has 0 spiro atoms. The number of hydrogen-bond donors (Lipinski definition) is 1. The molecule has 0 aliphatic heterocycles. The number of fused-ring (bicyclic) bond motifs is 1. The Kier molecular flexibility index (Phi) is 5.61. The molecule has 0 bridgehead atoms. The normalized spacial score (nSPS) is 13.7. The summed E-state index contributed by atoms with van der Waals surface area (Å²) in [6.07, 6.45) is -3.37.